The van der Waals surface area contributed by atoms with Gasteiger partial charge in [0.15, 0.2) is 0 Å². The quantitative estimate of drug-likeness (QED) is 0.745. The van der Waals surface area contributed by atoms with Gasteiger partial charge in [-0.1, -0.05) is 34.6 Å². The second kappa shape index (κ2) is 5.83. The molecule has 22 heavy (non-hydrogen) atoms. The molecule has 0 radical (unpaired) electrons. The van der Waals surface area contributed by atoms with Crippen LogP contribution in [-0.4, -0.2) is 11.1 Å². The molecule has 4 unspecified atom stereocenters. The summed E-state index contributed by atoms with van der Waals surface area (Å²) in [5.41, 5.74) is 0. The molecule has 0 aromatic rings. The van der Waals surface area contributed by atoms with Crippen LogP contribution >= 0.6 is 0 Å². The van der Waals surface area contributed by atoms with E-state index >= 15 is 0 Å². The molecule has 2 nitrogen and oxygen atoms in total. The highest BCUT2D eigenvalue weighted by Gasteiger charge is 2.51. The van der Waals surface area contributed by atoms with E-state index in [1.165, 1.54) is 12.8 Å². The van der Waals surface area contributed by atoms with Gasteiger partial charge in [0.2, 0.25) is 0 Å². The molecule has 4 fully saturated rings. The fourth-order valence-electron chi connectivity index (χ4n) is 6.79. The average molecular weight is 306 g/mol. The molecule has 126 valence electrons. The number of rotatable bonds is 1. The van der Waals surface area contributed by atoms with Crippen molar-refractivity contribution in [3.05, 3.63) is 0 Å². The van der Waals surface area contributed by atoms with Crippen molar-refractivity contribution >= 4 is 5.97 Å². The van der Waals surface area contributed by atoms with E-state index in [1.807, 2.05) is 0 Å². The molecule has 4 rings (SSSR count). The molecule has 2 heteroatoms. The second-order valence-electron chi connectivity index (χ2n) is 9.19. The third-order valence-corrected chi connectivity index (χ3v) is 8.24. The summed E-state index contributed by atoms with van der Waals surface area (Å²) in [7, 11) is 0. The molecule has 10 atom stereocenters. The van der Waals surface area contributed by atoms with Gasteiger partial charge in [0.05, 0.1) is 5.92 Å². The van der Waals surface area contributed by atoms with Gasteiger partial charge in [0.25, 0.3) is 0 Å². The lowest BCUT2D eigenvalue weighted by atomic mass is 9.76. The Morgan fingerprint density at radius 1 is 0.727 bits per heavy atom. The maximum atomic E-state index is 10.9. The molecular formula is C20H34O2. The van der Waals surface area contributed by atoms with E-state index in [4.69, 9.17) is 5.11 Å². The number of aliphatic carboxylic acids is 1. The van der Waals surface area contributed by atoms with Crippen molar-refractivity contribution in [2.75, 3.05) is 0 Å². The van der Waals surface area contributed by atoms with Crippen molar-refractivity contribution in [2.45, 2.75) is 60.3 Å². The van der Waals surface area contributed by atoms with E-state index in [2.05, 4.69) is 34.6 Å². The monoisotopic (exact) mass is 306 g/mol. The summed E-state index contributed by atoms with van der Waals surface area (Å²) >= 11 is 0. The predicted octanol–water partition coefficient (Wildman–Crippen LogP) is 4.93. The number of carboxylic acid groups (broad SMARTS) is 1. The van der Waals surface area contributed by atoms with Gasteiger partial charge in [-0.15, -0.1) is 0 Å². The van der Waals surface area contributed by atoms with E-state index in [0.29, 0.717) is 17.8 Å². The summed E-state index contributed by atoms with van der Waals surface area (Å²) in [6.07, 6.45) is 5.38. The normalized spacial score (nSPS) is 55.1. The van der Waals surface area contributed by atoms with Crippen LogP contribution in [0.3, 0.4) is 0 Å². The van der Waals surface area contributed by atoms with Crippen LogP contribution in [0.4, 0.5) is 0 Å². The Kier molecular flexibility index (Phi) is 4.33. The molecule has 4 aliphatic rings. The van der Waals surface area contributed by atoms with E-state index in [0.717, 1.165) is 41.9 Å². The number of carbonyl (C=O) groups is 1. The highest BCUT2D eigenvalue weighted by molar-refractivity contribution is 5.71. The highest BCUT2D eigenvalue weighted by Crippen LogP contribution is 2.55. The molecule has 0 aromatic carbocycles. The largest absolute Gasteiger partial charge is 0.481 e. The maximum Gasteiger partial charge on any atom is 0.307 e. The van der Waals surface area contributed by atoms with Gasteiger partial charge in [-0.3, -0.25) is 4.79 Å². The highest BCUT2D eigenvalue weighted by atomic mass is 16.4. The van der Waals surface area contributed by atoms with E-state index in [1.54, 1.807) is 6.42 Å². The third kappa shape index (κ3) is 2.51. The molecule has 0 saturated heterocycles. The summed E-state index contributed by atoms with van der Waals surface area (Å²) in [5, 5.41) is 8.99. The van der Waals surface area contributed by atoms with Crippen molar-refractivity contribution in [1.82, 2.24) is 0 Å². The van der Waals surface area contributed by atoms with Crippen LogP contribution in [0, 0.1) is 59.2 Å². The van der Waals surface area contributed by atoms with Crippen LogP contribution in [0.2, 0.25) is 0 Å². The maximum absolute atomic E-state index is 10.9. The Balaban J connectivity index is 0.000000133. The third-order valence-electron chi connectivity index (χ3n) is 8.24. The van der Waals surface area contributed by atoms with Gasteiger partial charge in [0.1, 0.15) is 0 Å². The average Bonchev–Trinajstić information content (AvgIpc) is 3.13. The zero-order valence-corrected chi connectivity index (χ0v) is 15.0. The van der Waals surface area contributed by atoms with Crippen molar-refractivity contribution in [3.63, 3.8) is 0 Å². The summed E-state index contributed by atoms with van der Waals surface area (Å²) < 4.78 is 0. The van der Waals surface area contributed by atoms with Crippen LogP contribution in [0.15, 0.2) is 0 Å². The summed E-state index contributed by atoms with van der Waals surface area (Å²) in [6.45, 7) is 11.7. The first-order valence-corrected chi connectivity index (χ1v) is 9.54. The van der Waals surface area contributed by atoms with Gasteiger partial charge in [-0.25, -0.2) is 0 Å². The van der Waals surface area contributed by atoms with Gasteiger partial charge in [-0.2, -0.15) is 0 Å². The lowest BCUT2D eigenvalue weighted by Gasteiger charge is -2.29. The molecule has 0 aliphatic heterocycles. The number of carboxylic acids is 1. The van der Waals surface area contributed by atoms with E-state index < -0.39 is 5.97 Å². The first-order chi connectivity index (χ1) is 10.3. The summed E-state index contributed by atoms with van der Waals surface area (Å²) in [6, 6.07) is 0. The number of fused-ring (bicyclic) bond motifs is 4. The molecule has 0 aromatic heterocycles. The zero-order chi connectivity index (χ0) is 16.2. The van der Waals surface area contributed by atoms with Crippen LogP contribution in [0.1, 0.15) is 60.3 Å². The fourth-order valence-corrected chi connectivity index (χ4v) is 6.79. The SMILES string of the molecule is C[C@@H]1CC2CC1[C@@H](C)[C@H]2C.C[C@@H]1CC2CC1[C@@H](C)[C@H]2C(=O)O. The molecule has 4 bridgehead atoms. The van der Waals surface area contributed by atoms with Crippen molar-refractivity contribution < 1.29 is 9.90 Å². The summed E-state index contributed by atoms with van der Waals surface area (Å²) in [5.74, 6) is 7.01. The molecule has 0 heterocycles. The zero-order valence-electron chi connectivity index (χ0n) is 15.0. The standard InChI is InChI=1S/C10H16O2.C10H18/c1-5-3-7-4-8(5)6(2)9(7)10(11)12;1-6-4-9-5-10(6)8(3)7(9)2/h5-9H,3-4H2,1-2H3,(H,11,12);6-10H,4-5H2,1-3H3/t5-,6-,7?,8?,9-;6-,7-,8+,9?,10?/m11/s1. The first kappa shape index (κ1) is 16.3. The Morgan fingerprint density at radius 2 is 1.23 bits per heavy atom. The van der Waals surface area contributed by atoms with E-state index in [-0.39, 0.29) is 5.92 Å². The predicted molar refractivity (Wildman–Crippen MR) is 89.4 cm³/mol. The Labute approximate surface area is 136 Å². The minimum atomic E-state index is -0.568. The fraction of sp³-hybridized carbons (Fsp3) is 0.950. The molecule has 4 aliphatic carbocycles. The first-order valence-electron chi connectivity index (χ1n) is 9.54. The van der Waals surface area contributed by atoms with Gasteiger partial charge in [0, 0.05) is 0 Å². The number of hydrogen-bond donors (Lipinski definition) is 1. The van der Waals surface area contributed by atoms with Crippen molar-refractivity contribution in [3.8, 4) is 0 Å². The van der Waals surface area contributed by atoms with Crippen LogP contribution in [0.5, 0.6) is 0 Å². The van der Waals surface area contributed by atoms with E-state index in [9.17, 15) is 4.79 Å². The lowest BCUT2D eigenvalue weighted by Crippen LogP contribution is -2.30. The summed E-state index contributed by atoms with van der Waals surface area (Å²) in [4.78, 5) is 10.9. The van der Waals surface area contributed by atoms with Gasteiger partial charge >= 0.3 is 5.97 Å². The molecular weight excluding hydrogens is 272 g/mol. The molecule has 4 saturated carbocycles. The Hall–Kier alpha value is -0.530. The van der Waals surface area contributed by atoms with Crippen molar-refractivity contribution in [1.29, 1.82) is 0 Å². The molecule has 1 N–H and O–H groups in total. The van der Waals surface area contributed by atoms with Crippen molar-refractivity contribution in [2.24, 2.45) is 59.2 Å². The Bertz CT molecular complexity index is 427. The second-order valence-corrected chi connectivity index (χ2v) is 9.19. The lowest BCUT2D eigenvalue weighted by molar-refractivity contribution is -0.145. The number of hydrogen-bond acceptors (Lipinski definition) is 1. The van der Waals surface area contributed by atoms with Crippen LogP contribution in [-0.2, 0) is 4.79 Å². The minimum Gasteiger partial charge on any atom is -0.481 e. The topological polar surface area (TPSA) is 37.3 Å². The van der Waals surface area contributed by atoms with Gasteiger partial charge in [-0.05, 0) is 78.9 Å². The minimum absolute atomic E-state index is 0.0359. The molecule has 0 spiro atoms. The van der Waals surface area contributed by atoms with Crippen LogP contribution < -0.4 is 0 Å². The van der Waals surface area contributed by atoms with Gasteiger partial charge < -0.3 is 5.11 Å². The Morgan fingerprint density at radius 3 is 1.59 bits per heavy atom. The smallest absolute Gasteiger partial charge is 0.307 e. The molecule has 0 amide bonds. The van der Waals surface area contributed by atoms with Crippen LogP contribution in [0.25, 0.3) is 0 Å².